The first kappa shape index (κ1) is 18.9. The van der Waals surface area contributed by atoms with Gasteiger partial charge in [0.2, 0.25) is 5.91 Å². The van der Waals surface area contributed by atoms with Gasteiger partial charge in [0.25, 0.3) is 0 Å². The number of aromatic nitrogens is 4. The zero-order valence-corrected chi connectivity index (χ0v) is 16.3. The Kier molecular flexibility index (Phi) is 5.41. The molecule has 1 amide bonds. The highest BCUT2D eigenvalue weighted by molar-refractivity contribution is 5.90. The summed E-state index contributed by atoms with van der Waals surface area (Å²) < 4.78 is 8.75. The quantitative estimate of drug-likeness (QED) is 0.720. The topological polar surface area (TPSA) is 91.0 Å². The third-order valence-corrected chi connectivity index (χ3v) is 4.90. The summed E-state index contributed by atoms with van der Waals surface area (Å²) in [5.74, 6) is 1.81. The van der Waals surface area contributed by atoms with Crippen molar-refractivity contribution < 1.29 is 9.53 Å². The number of pyridine rings is 1. The molecule has 1 aliphatic rings. The highest BCUT2D eigenvalue weighted by Crippen LogP contribution is 2.26. The first-order valence-electron chi connectivity index (χ1n) is 9.75. The van der Waals surface area contributed by atoms with Crippen LogP contribution in [0.3, 0.4) is 0 Å². The van der Waals surface area contributed by atoms with Gasteiger partial charge in [0.1, 0.15) is 23.9 Å². The summed E-state index contributed by atoms with van der Waals surface area (Å²) in [5, 5.41) is 7.18. The van der Waals surface area contributed by atoms with Crippen LogP contribution in [-0.4, -0.2) is 25.2 Å². The molecule has 0 radical (unpaired) electrons. The molecule has 0 fully saturated rings. The molecule has 0 unspecified atom stereocenters. The van der Waals surface area contributed by atoms with E-state index in [4.69, 9.17) is 4.74 Å². The molecule has 1 aliphatic heterocycles. The van der Waals surface area contributed by atoms with Gasteiger partial charge in [0.15, 0.2) is 0 Å². The summed E-state index contributed by atoms with van der Waals surface area (Å²) in [4.78, 5) is 29.0. The lowest BCUT2D eigenvalue weighted by Gasteiger charge is -2.11. The number of ether oxygens (including phenoxy) is 1. The number of aryl methyl sites for hydroxylation is 2. The van der Waals surface area contributed by atoms with E-state index in [1.54, 1.807) is 35.2 Å². The van der Waals surface area contributed by atoms with E-state index in [9.17, 15) is 9.59 Å². The van der Waals surface area contributed by atoms with Crippen LogP contribution in [-0.2, 0) is 24.3 Å². The number of fused-ring (bicyclic) bond motifs is 1. The minimum atomic E-state index is -0.291. The third kappa shape index (κ3) is 4.37. The second-order valence-corrected chi connectivity index (χ2v) is 7.14. The maximum absolute atomic E-state index is 12.5. The average Bonchev–Trinajstić information content (AvgIpc) is 2.87. The number of amides is 1. The minimum absolute atomic E-state index is 0.105. The predicted molar refractivity (Wildman–Crippen MR) is 108 cm³/mol. The normalized spacial score (nSPS) is 13.4. The van der Waals surface area contributed by atoms with Crippen molar-refractivity contribution in [3.05, 3.63) is 64.6 Å². The van der Waals surface area contributed by atoms with Crippen LogP contribution in [0.5, 0.6) is 11.5 Å². The molecular weight excluding hydrogens is 370 g/mol. The van der Waals surface area contributed by atoms with Crippen molar-refractivity contribution in [1.29, 1.82) is 0 Å². The SMILES string of the molecule is Cc1cc(NC(=O)Cn2nc3n(c2=O)CCCCC3)ccc1Oc1cccnc1. The average molecular weight is 393 g/mol. The molecule has 0 saturated carbocycles. The van der Waals surface area contributed by atoms with Crippen LogP contribution in [0.25, 0.3) is 0 Å². The largest absolute Gasteiger partial charge is 0.455 e. The Balaban J connectivity index is 1.42. The summed E-state index contributed by atoms with van der Waals surface area (Å²) in [6.07, 6.45) is 7.19. The zero-order chi connectivity index (χ0) is 20.2. The van der Waals surface area contributed by atoms with Crippen LogP contribution < -0.4 is 15.7 Å². The minimum Gasteiger partial charge on any atom is -0.455 e. The van der Waals surface area contributed by atoms with E-state index in [-0.39, 0.29) is 18.1 Å². The van der Waals surface area contributed by atoms with Gasteiger partial charge < -0.3 is 10.1 Å². The number of hydrogen-bond donors (Lipinski definition) is 1. The standard InChI is InChI=1S/C21H23N5O3/c1-15-12-16(8-9-18(15)29-17-6-5-10-22-13-17)23-20(27)14-26-21(28)25-11-4-2-3-7-19(25)24-26/h5-6,8-10,12-13H,2-4,7,11,14H2,1H3,(H,23,27). The van der Waals surface area contributed by atoms with E-state index in [0.29, 0.717) is 23.7 Å². The second kappa shape index (κ2) is 8.30. The molecule has 3 aromatic rings. The number of nitrogens with zero attached hydrogens (tertiary/aromatic N) is 4. The summed E-state index contributed by atoms with van der Waals surface area (Å²) in [5.41, 5.74) is 1.30. The Bertz CT molecular complexity index is 1070. The van der Waals surface area contributed by atoms with Gasteiger partial charge in [0.05, 0.1) is 6.20 Å². The van der Waals surface area contributed by atoms with Gasteiger partial charge >= 0.3 is 5.69 Å². The molecule has 1 aromatic carbocycles. The maximum Gasteiger partial charge on any atom is 0.346 e. The molecular formula is C21H23N5O3. The Labute approximate surface area is 168 Å². The van der Waals surface area contributed by atoms with Gasteiger partial charge in [-0.05, 0) is 55.7 Å². The fraction of sp³-hybridized carbons (Fsp3) is 0.333. The van der Waals surface area contributed by atoms with E-state index in [0.717, 1.165) is 37.1 Å². The maximum atomic E-state index is 12.5. The second-order valence-electron chi connectivity index (χ2n) is 7.14. The first-order valence-corrected chi connectivity index (χ1v) is 9.75. The Hall–Kier alpha value is -3.42. The molecule has 29 heavy (non-hydrogen) atoms. The van der Waals surface area contributed by atoms with Crippen LogP contribution in [0.2, 0.25) is 0 Å². The lowest BCUT2D eigenvalue weighted by molar-refractivity contribution is -0.117. The van der Waals surface area contributed by atoms with Crippen molar-refractivity contribution in [3.8, 4) is 11.5 Å². The van der Waals surface area contributed by atoms with Crippen molar-refractivity contribution in [2.24, 2.45) is 0 Å². The lowest BCUT2D eigenvalue weighted by Crippen LogP contribution is -2.30. The van der Waals surface area contributed by atoms with E-state index < -0.39 is 0 Å². The van der Waals surface area contributed by atoms with Gasteiger partial charge in [-0.2, -0.15) is 5.10 Å². The number of rotatable bonds is 5. The Morgan fingerprint density at radius 1 is 1.24 bits per heavy atom. The lowest BCUT2D eigenvalue weighted by atomic mass is 10.2. The van der Waals surface area contributed by atoms with Gasteiger partial charge in [0, 0.05) is 24.8 Å². The first-order chi connectivity index (χ1) is 14.1. The number of carbonyl (C=O) groups is 1. The van der Waals surface area contributed by atoms with E-state index >= 15 is 0 Å². The molecule has 8 nitrogen and oxygen atoms in total. The third-order valence-electron chi connectivity index (χ3n) is 4.90. The van der Waals surface area contributed by atoms with Gasteiger partial charge in [-0.1, -0.05) is 6.42 Å². The summed E-state index contributed by atoms with van der Waals surface area (Å²) in [6, 6.07) is 9.02. The Morgan fingerprint density at radius 3 is 2.93 bits per heavy atom. The number of anilines is 1. The van der Waals surface area contributed by atoms with Crippen LogP contribution in [0.1, 0.15) is 30.7 Å². The molecule has 3 heterocycles. The molecule has 0 atom stereocenters. The molecule has 2 aromatic heterocycles. The summed E-state index contributed by atoms with van der Waals surface area (Å²) >= 11 is 0. The highest BCUT2D eigenvalue weighted by atomic mass is 16.5. The number of carbonyl (C=O) groups excluding carboxylic acids is 1. The van der Waals surface area contributed by atoms with Crippen LogP contribution >= 0.6 is 0 Å². The van der Waals surface area contributed by atoms with Crippen molar-refractivity contribution in [2.75, 3.05) is 5.32 Å². The van der Waals surface area contributed by atoms with E-state index in [1.165, 1.54) is 4.68 Å². The predicted octanol–water partition coefficient (Wildman–Crippen LogP) is 2.91. The van der Waals surface area contributed by atoms with E-state index in [2.05, 4.69) is 15.4 Å². The smallest absolute Gasteiger partial charge is 0.346 e. The number of benzene rings is 1. The van der Waals surface area contributed by atoms with Crippen LogP contribution in [0, 0.1) is 6.92 Å². The molecule has 1 N–H and O–H groups in total. The molecule has 0 bridgehead atoms. The van der Waals surface area contributed by atoms with E-state index in [1.807, 2.05) is 19.1 Å². The monoisotopic (exact) mass is 393 g/mol. The van der Waals surface area contributed by atoms with Crippen molar-refractivity contribution in [2.45, 2.75) is 45.7 Å². The Morgan fingerprint density at radius 2 is 2.14 bits per heavy atom. The number of hydrogen-bond acceptors (Lipinski definition) is 5. The van der Waals surface area contributed by atoms with Crippen molar-refractivity contribution in [1.82, 2.24) is 19.3 Å². The van der Waals surface area contributed by atoms with Crippen molar-refractivity contribution in [3.63, 3.8) is 0 Å². The molecule has 0 spiro atoms. The van der Waals surface area contributed by atoms with Gasteiger partial charge in [-0.25, -0.2) is 9.48 Å². The van der Waals surface area contributed by atoms with Crippen LogP contribution in [0.4, 0.5) is 5.69 Å². The van der Waals surface area contributed by atoms with Crippen LogP contribution in [0.15, 0.2) is 47.5 Å². The molecule has 0 aliphatic carbocycles. The van der Waals surface area contributed by atoms with Gasteiger partial charge in [-0.3, -0.25) is 14.3 Å². The van der Waals surface area contributed by atoms with Crippen molar-refractivity contribution >= 4 is 11.6 Å². The summed E-state index contributed by atoms with van der Waals surface area (Å²) in [6.45, 7) is 2.47. The molecule has 8 heteroatoms. The highest BCUT2D eigenvalue weighted by Gasteiger charge is 2.17. The molecule has 150 valence electrons. The number of nitrogens with one attached hydrogen (secondary N) is 1. The fourth-order valence-corrected chi connectivity index (χ4v) is 3.44. The fourth-order valence-electron chi connectivity index (χ4n) is 3.44. The van der Waals surface area contributed by atoms with Gasteiger partial charge in [-0.15, -0.1) is 0 Å². The molecule has 4 rings (SSSR count). The summed E-state index contributed by atoms with van der Waals surface area (Å²) in [7, 11) is 0. The zero-order valence-electron chi connectivity index (χ0n) is 16.3. The molecule has 0 saturated heterocycles.